The van der Waals surface area contributed by atoms with Crippen LogP contribution in [0.15, 0.2) is 70.6 Å². The van der Waals surface area contributed by atoms with Crippen molar-refractivity contribution in [1.82, 2.24) is 0 Å². The number of hydrogen-bond acceptors (Lipinski definition) is 3. The molecule has 0 N–H and O–H groups in total. The summed E-state index contributed by atoms with van der Waals surface area (Å²) >= 11 is 1.72. The molecule has 0 bridgehead atoms. The fourth-order valence-electron chi connectivity index (χ4n) is 3.21. The maximum absolute atomic E-state index is 4.80. The van der Waals surface area contributed by atoms with Crippen LogP contribution in [0.2, 0.25) is 39.3 Å². The predicted octanol–water partition coefficient (Wildman–Crippen LogP) is 6.34. The van der Waals surface area contributed by atoms with E-state index in [0.717, 1.165) is 21.1 Å². The van der Waals surface area contributed by atoms with Crippen molar-refractivity contribution in [2.75, 3.05) is 0 Å². The van der Waals surface area contributed by atoms with E-state index in [1.807, 2.05) is 12.4 Å². The molecule has 0 atom stereocenters. The Bertz CT molecular complexity index is 955. The zero-order chi connectivity index (χ0) is 21.1. The lowest BCUT2D eigenvalue weighted by Crippen LogP contribution is -2.37. The van der Waals surface area contributed by atoms with E-state index in [-0.39, 0.29) is 0 Å². The molecule has 0 aliphatic rings. The van der Waals surface area contributed by atoms with Crippen molar-refractivity contribution in [3.8, 4) is 0 Å². The molecule has 0 spiro atoms. The van der Waals surface area contributed by atoms with Crippen molar-refractivity contribution in [3.05, 3.63) is 70.4 Å². The number of aliphatic imine (C=N–C) groups is 2. The molecule has 0 unspecified atom stereocenters. The summed E-state index contributed by atoms with van der Waals surface area (Å²) in [7, 11) is -2.82. The van der Waals surface area contributed by atoms with Gasteiger partial charge in [0.2, 0.25) is 0 Å². The highest BCUT2D eigenvalue weighted by Crippen LogP contribution is 2.19. The second-order valence-corrected chi connectivity index (χ2v) is 20.5. The average molecular weight is 435 g/mol. The molecule has 5 heteroatoms. The first kappa shape index (κ1) is 21.6. The standard InChI is InChI=1S/C24H30N2SSi2/c1-28(2,3)23-13-9-7-11-21(23)25-17-19-15-16-20(27-19)18-26-22-12-8-10-14-24(22)29(4,5)6/h7-18H,1-6H3. The van der Waals surface area contributed by atoms with Crippen LogP contribution in [-0.2, 0) is 0 Å². The van der Waals surface area contributed by atoms with Crippen LogP contribution in [0.4, 0.5) is 11.4 Å². The number of thiophene rings is 1. The van der Waals surface area contributed by atoms with Crippen molar-refractivity contribution >= 4 is 61.7 Å². The number of para-hydroxylation sites is 2. The Kier molecular flexibility index (Phi) is 6.51. The molecule has 0 aliphatic carbocycles. The maximum atomic E-state index is 4.80. The first-order valence-electron chi connectivity index (χ1n) is 10.0. The quantitative estimate of drug-likeness (QED) is 0.319. The third-order valence-electron chi connectivity index (χ3n) is 4.73. The third-order valence-corrected chi connectivity index (χ3v) is 9.77. The van der Waals surface area contributed by atoms with Crippen LogP contribution in [0.25, 0.3) is 0 Å². The van der Waals surface area contributed by atoms with Crippen molar-refractivity contribution in [1.29, 1.82) is 0 Å². The Morgan fingerprint density at radius 2 is 0.966 bits per heavy atom. The van der Waals surface area contributed by atoms with Gasteiger partial charge in [-0.25, -0.2) is 0 Å². The van der Waals surface area contributed by atoms with Crippen LogP contribution in [0.5, 0.6) is 0 Å². The number of rotatable bonds is 6. The number of hydrogen-bond donors (Lipinski definition) is 0. The molecule has 1 heterocycles. The first-order valence-corrected chi connectivity index (χ1v) is 17.8. The molecule has 3 rings (SSSR count). The van der Waals surface area contributed by atoms with Gasteiger partial charge in [-0.3, -0.25) is 9.98 Å². The molecule has 0 fully saturated rings. The van der Waals surface area contributed by atoms with Gasteiger partial charge in [0.25, 0.3) is 0 Å². The van der Waals surface area contributed by atoms with Crippen molar-refractivity contribution in [3.63, 3.8) is 0 Å². The van der Waals surface area contributed by atoms with Crippen LogP contribution < -0.4 is 10.4 Å². The molecule has 0 saturated heterocycles. The molecular formula is C24H30N2SSi2. The summed E-state index contributed by atoms with van der Waals surface area (Å²) in [5, 5.41) is 2.80. The van der Waals surface area contributed by atoms with E-state index in [2.05, 4.69) is 99.9 Å². The fourth-order valence-corrected chi connectivity index (χ4v) is 6.99. The Labute approximate surface area is 181 Å². The normalized spacial score (nSPS) is 12.9. The lowest BCUT2D eigenvalue weighted by atomic mass is 10.3. The summed E-state index contributed by atoms with van der Waals surface area (Å²) in [4.78, 5) is 11.9. The Hall–Kier alpha value is -2.09. The van der Waals surface area contributed by atoms with Crippen LogP contribution in [0.1, 0.15) is 9.75 Å². The molecule has 29 heavy (non-hydrogen) atoms. The van der Waals surface area contributed by atoms with Gasteiger partial charge in [0, 0.05) is 22.2 Å². The molecule has 2 aromatic carbocycles. The summed E-state index contributed by atoms with van der Waals surface area (Å²) in [6.07, 6.45) is 3.97. The van der Waals surface area contributed by atoms with Gasteiger partial charge < -0.3 is 0 Å². The lowest BCUT2D eigenvalue weighted by molar-refractivity contribution is 1.54. The van der Waals surface area contributed by atoms with E-state index >= 15 is 0 Å². The fraction of sp³-hybridized carbons (Fsp3) is 0.250. The third kappa shape index (κ3) is 5.72. The van der Waals surface area contributed by atoms with Gasteiger partial charge in [-0.2, -0.15) is 0 Å². The van der Waals surface area contributed by atoms with E-state index in [9.17, 15) is 0 Å². The van der Waals surface area contributed by atoms with E-state index in [1.54, 1.807) is 11.3 Å². The van der Waals surface area contributed by atoms with Gasteiger partial charge in [0.05, 0.1) is 27.5 Å². The highest BCUT2D eigenvalue weighted by Gasteiger charge is 2.20. The van der Waals surface area contributed by atoms with E-state index in [0.29, 0.717) is 0 Å². The van der Waals surface area contributed by atoms with Crippen LogP contribution in [-0.4, -0.2) is 28.6 Å². The van der Waals surface area contributed by atoms with Crippen molar-refractivity contribution in [2.45, 2.75) is 39.3 Å². The second-order valence-electron chi connectivity index (χ2n) is 9.29. The van der Waals surface area contributed by atoms with Crippen molar-refractivity contribution < 1.29 is 0 Å². The van der Waals surface area contributed by atoms with Crippen LogP contribution in [0, 0.1) is 0 Å². The van der Waals surface area contributed by atoms with E-state index in [1.165, 1.54) is 10.4 Å². The van der Waals surface area contributed by atoms with Gasteiger partial charge in [-0.15, -0.1) is 11.3 Å². The largest absolute Gasteiger partial charge is 0.256 e. The molecular weight excluding hydrogens is 405 g/mol. The Morgan fingerprint density at radius 3 is 1.34 bits per heavy atom. The van der Waals surface area contributed by atoms with Gasteiger partial charge in [0.15, 0.2) is 0 Å². The first-order chi connectivity index (χ1) is 13.6. The summed E-state index contributed by atoms with van der Waals surface area (Å²) < 4.78 is 0. The average Bonchev–Trinajstić information content (AvgIpc) is 3.11. The Morgan fingerprint density at radius 1 is 0.586 bits per heavy atom. The lowest BCUT2D eigenvalue weighted by Gasteiger charge is -2.18. The zero-order valence-corrected chi connectivity index (χ0v) is 21.0. The SMILES string of the molecule is C[Si](C)(C)c1ccccc1N=Cc1ccc(C=Nc2ccccc2[Si](C)(C)C)s1. The second kappa shape index (κ2) is 8.73. The van der Waals surface area contributed by atoms with Crippen LogP contribution in [0.3, 0.4) is 0 Å². The van der Waals surface area contributed by atoms with Gasteiger partial charge >= 0.3 is 0 Å². The maximum Gasteiger partial charge on any atom is 0.0804 e. The smallest absolute Gasteiger partial charge is 0.0804 e. The van der Waals surface area contributed by atoms with Crippen molar-refractivity contribution in [2.24, 2.45) is 9.98 Å². The molecule has 150 valence electrons. The van der Waals surface area contributed by atoms with E-state index < -0.39 is 16.1 Å². The van der Waals surface area contributed by atoms with Gasteiger partial charge in [-0.1, -0.05) is 75.7 Å². The molecule has 0 saturated carbocycles. The monoisotopic (exact) mass is 434 g/mol. The molecule has 3 aromatic rings. The molecule has 2 nitrogen and oxygen atoms in total. The molecule has 1 aromatic heterocycles. The number of nitrogens with zero attached hydrogens (tertiary/aromatic N) is 2. The highest BCUT2D eigenvalue weighted by molar-refractivity contribution is 7.15. The minimum Gasteiger partial charge on any atom is -0.256 e. The molecule has 0 radical (unpaired) electrons. The minimum atomic E-state index is -1.41. The highest BCUT2D eigenvalue weighted by atomic mass is 32.1. The topological polar surface area (TPSA) is 24.7 Å². The van der Waals surface area contributed by atoms with Gasteiger partial charge in [-0.05, 0) is 34.6 Å². The predicted molar refractivity (Wildman–Crippen MR) is 138 cm³/mol. The summed E-state index contributed by atoms with van der Waals surface area (Å²) in [5.74, 6) is 0. The number of benzene rings is 2. The van der Waals surface area contributed by atoms with Crippen LogP contribution >= 0.6 is 11.3 Å². The molecule has 0 aliphatic heterocycles. The molecule has 0 amide bonds. The van der Waals surface area contributed by atoms with E-state index in [4.69, 9.17) is 9.98 Å². The zero-order valence-electron chi connectivity index (χ0n) is 18.2. The summed E-state index contributed by atoms with van der Waals surface area (Å²) in [5.41, 5.74) is 2.19. The summed E-state index contributed by atoms with van der Waals surface area (Å²) in [6.45, 7) is 14.2. The summed E-state index contributed by atoms with van der Waals surface area (Å²) in [6, 6.07) is 21.3. The van der Waals surface area contributed by atoms with Gasteiger partial charge in [0.1, 0.15) is 0 Å². The Balaban J connectivity index is 1.80. The minimum absolute atomic E-state index is 1.10.